The van der Waals surface area contributed by atoms with Crippen molar-refractivity contribution in [2.75, 3.05) is 55.8 Å². The number of carbonyl (C=O) groups excluding carboxylic acids is 2. The van der Waals surface area contributed by atoms with Gasteiger partial charge in [0.15, 0.2) is 23.0 Å². The average Bonchev–Trinajstić information content (AvgIpc) is 2.99. The first-order valence-corrected chi connectivity index (χ1v) is 13.1. The van der Waals surface area contributed by atoms with Crippen molar-refractivity contribution in [3.8, 4) is 40.2 Å². The Labute approximate surface area is 235 Å². The number of hydrogen-bond acceptors (Lipinski definition) is 10. The molecule has 40 heavy (non-hydrogen) atoms. The van der Waals surface area contributed by atoms with Crippen molar-refractivity contribution in [3.63, 3.8) is 0 Å². The van der Waals surface area contributed by atoms with Gasteiger partial charge in [-0.2, -0.15) is 0 Å². The molecule has 1 fully saturated rings. The number of benzene rings is 2. The number of aryl methyl sites for hydroxylation is 1. The maximum Gasteiger partial charge on any atom is 0.415 e. The summed E-state index contributed by atoms with van der Waals surface area (Å²) in [6, 6.07) is 6.17. The topological polar surface area (TPSA) is 111 Å². The highest BCUT2D eigenvalue weighted by atomic mass is 16.6. The zero-order valence-electron chi connectivity index (χ0n) is 24.1. The summed E-state index contributed by atoms with van der Waals surface area (Å²) in [5.41, 5.74) is 1.02. The van der Waals surface area contributed by atoms with Crippen molar-refractivity contribution in [2.45, 2.75) is 44.6 Å². The first-order valence-electron chi connectivity index (χ1n) is 13.1. The molecule has 0 bridgehead atoms. The van der Waals surface area contributed by atoms with E-state index in [2.05, 4.69) is 0 Å². The minimum absolute atomic E-state index is 0.212. The largest absolute Gasteiger partial charge is 0.493 e. The fourth-order valence-electron chi connectivity index (χ4n) is 4.65. The Morgan fingerprint density at radius 2 is 1.30 bits per heavy atom. The maximum atomic E-state index is 13.1. The van der Waals surface area contributed by atoms with Crippen LogP contribution in [0.3, 0.4) is 0 Å². The van der Waals surface area contributed by atoms with Crippen LogP contribution in [0.15, 0.2) is 24.3 Å². The second-order valence-electron chi connectivity index (χ2n) is 9.09. The van der Waals surface area contributed by atoms with Crippen LogP contribution in [0.1, 0.15) is 37.7 Å². The van der Waals surface area contributed by atoms with Crippen LogP contribution in [0, 0.1) is 0 Å². The summed E-state index contributed by atoms with van der Waals surface area (Å²) < 4.78 is 43.3. The van der Waals surface area contributed by atoms with Gasteiger partial charge in [0.05, 0.1) is 49.3 Å². The standard InChI is InChI=1S/C29H39NO10/c1-33-22-15-19(16-23(34-2)26(22)37-5)11-8-10-14-39-28(31)21-12-7-9-13-30(21)29(32)40-20-17-24(35-3)27(38-6)25(18-20)36-4/h15-18,21H,7-14H2,1-6H3/t21-/m0/s1. The molecule has 11 nitrogen and oxygen atoms in total. The number of hydrogen-bond donors (Lipinski definition) is 0. The molecule has 1 saturated heterocycles. The minimum Gasteiger partial charge on any atom is -0.493 e. The normalized spacial score (nSPS) is 14.7. The van der Waals surface area contributed by atoms with Crippen LogP contribution in [0.5, 0.6) is 40.2 Å². The number of ether oxygens (including phenoxy) is 8. The van der Waals surface area contributed by atoms with E-state index in [1.165, 1.54) is 38.4 Å². The molecule has 1 aliphatic heterocycles. The van der Waals surface area contributed by atoms with Gasteiger partial charge in [0.25, 0.3) is 0 Å². The predicted molar refractivity (Wildman–Crippen MR) is 146 cm³/mol. The van der Waals surface area contributed by atoms with Crippen LogP contribution in [0.4, 0.5) is 4.79 Å². The highest BCUT2D eigenvalue weighted by molar-refractivity contribution is 5.82. The van der Waals surface area contributed by atoms with Crippen LogP contribution in [0.25, 0.3) is 0 Å². The van der Waals surface area contributed by atoms with Crippen molar-refractivity contribution < 1.29 is 47.5 Å². The minimum atomic E-state index is -0.710. The number of carbonyl (C=O) groups is 2. The number of piperidine rings is 1. The number of rotatable bonds is 13. The Bertz CT molecular complexity index is 1100. The first-order chi connectivity index (χ1) is 19.4. The molecule has 0 aromatic heterocycles. The molecule has 3 rings (SSSR count). The fourth-order valence-corrected chi connectivity index (χ4v) is 4.65. The molecule has 1 amide bonds. The summed E-state index contributed by atoms with van der Waals surface area (Å²) in [7, 11) is 9.16. The highest BCUT2D eigenvalue weighted by Gasteiger charge is 2.35. The molecule has 0 spiro atoms. The third-order valence-electron chi connectivity index (χ3n) is 6.68. The van der Waals surface area contributed by atoms with E-state index < -0.39 is 18.1 Å². The molecule has 0 unspecified atom stereocenters. The van der Waals surface area contributed by atoms with E-state index in [1.807, 2.05) is 12.1 Å². The molecular weight excluding hydrogens is 522 g/mol. The van der Waals surface area contributed by atoms with Gasteiger partial charge in [-0.25, -0.2) is 9.59 Å². The van der Waals surface area contributed by atoms with Gasteiger partial charge in [-0.3, -0.25) is 4.90 Å². The Morgan fingerprint density at radius 3 is 1.82 bits per heavy atom. The Morgan fingerprint density at radius 1 is 0.750 bits per heavy atom. The number of likely N-dealkylation sites (tertiary alicyclic amines) is 1. The van der Waals surface area contributed by atoms with E-state index in [9.17, 15) is 9.59 Å². The summed E-state index contributed by atoms with van der Waals surface area (Å²) >= 11 is 0. The van der Waals surface area contributed by atoms with Gasteiger partial charge in [-0.15, -0.1) is 0 Å². The van der Waals surface area contributed by atoms with Crippen molar-refractivity contribution in [1.29, 1.82) is 0 Å². The van der Waals surface area contributed by atoms with Crippen LogP contribution in [0.2, 0.25) is 0 Å². The molecule has 0 radical (unpaired) electrons. The number of unbranched alkanes of at least 4 members (excludes halogenated alkanes) is 1. The third-order valence-corrected chi connectivity index (χ3v) is 6.68. The maximum absolute atomic E-state index is 13.1. The molecule has 2 aromatic rings. The van der Waals surface area contributed by atoms with Gasteiger partial charge in [-0.05, 0) is 56.2 Å². The summed E-state index contributed by atoms with van der Waals surface area (Å²) in [6.45, 7) is 0.639. The third kappa shape index (κ3) is 7.34. The zero-order valence-corrected chi connectivity index (χ0v) is 24.1. The SMILES string of the molecule is COc1cc(CCCCOC(=O)[C@@H]2CCCCN2C(=O)Oc2cc(OC)c(OC)c(OC)c2)cc(OC)c1OC. The average molecular weight is 562 g/mol. The summed E-state index contributed by atoms with van der Waals surface area (Å²) in [6.07, 6.45) is 3.63. The number of amides is 1. The highest BCUT2D eigenvalue weighted by Crippen LogP contribution is 2.41. The van der Waals surface area contributed by atoms with Crippen LogP contribution in [-0.2, 0) is 16.0 Å². The van der Waals surface area contributed by atoms with Crippen LogP contribution >= 0.6 is 0 Å². The molecule has 1 heterocycles. The second kappa shape index (κ2) is 14.9. The van der Waals surface area contributed by atoms with Crippen LogP contribution in [-0.4, -0.2) is 78.8 Å². The summed E-state index contributed by atoms with van der Waals surface area (Å²) in [4.78, 5) is 27.4. The first kappa shape index (κ1) is 30.5. The lowest BCUT2D eigenvalue weighted by molar-refractivity contribution is -0.150. The Hall–Kier alpha value is -4.02. The molecule has 220 valence electrons. The zero-order chi connectivity index (χ0) is 29.1. The molecule has 0 aliphatic carbocycles. The van der Waals surface area contributed by atoms with Crippen molar-refractivity contribution in [2.24, 2.45) is 0 Å². The van der Waals surface area contributed by atoms with Crippen LogP contribution < -0.4 is 33.2 Å². The van der Waals surface area contributed by atoms with Gasteiger partial charge in [0, 0.05) is 18.7 Å². The van der Waals surface area contributed by atoms with E-state index in [4.69, 9.17) is 37.9 Å². The molecule has 0 N–H and O–H groups in total. The number of methoxy groups -OCH3 is 6. The van der Waals surface area contributed by atoms with E-state index in [0.29, 0.717) is 53.9 Å². The molecule has 1 aliphatic rings. The molecule has 0 saturated carbocycles. The van der Waals surface area contributed by atoms with Gasteiger partial charge in [-0.1, -0.05) is 0 Å². The van der Waals surface area contributed by atoms with Crippen molar-refractivity contribution in [3.05, 3.63) is 29.8 Å². The Kier molecular flexibility index (Phi) is 11.4. The quantitative estimate of drug-likeness (QED) is 0.253. The molecule has 2 aromatic carbocycles. The van der Waals surface area contributed by atoms with Gasteiger partial charge >= 0.3 is 12.1 Å². The Balaban J connectivity index is 1.55. The lowest BCUT2D eigenvalue weighted by Gasteiger charge is -2.33. The smallest absolute Gasteiger partial charge is 0.415 e. The molecule has 11 heteroatoms. The van der Waals surface area contributed by atoms with Gasteiger partial charge in [0.1, 0.15) is 11.8 Å². The lowest BCUT2D eigenvalue weighted by atomic mass is 10.0. The number of esters is 1. The molecule has 1 atom stereocenters. The molecular formula is C29H39NO10. The van der Waals surface area contributed by atoms with Gasteiger partial charge < -0.3 is 37.9 Å². The lowest BCUT2D eigenvalue weighted by Crippen LogP contribution is -2.49. The summed E-state index contributed by atoms with van der Waals surface area (Å²) in [5, 5.41) is 0. The van der Waals surface area contributed by atoms with E-state index in [0.717, 1.165) is 31.2 Å². The van der Waals surface area contributed by atoms with Crippen molar-refractivity contribution >= 4 is 12.1 Å². The van der Waals surface area contributed by atoms with E-state index >= 15 is 0 Å². The summed E-state index contributed by atoms with van der Waals surface area (Å²) in [5.74, 6) is 2.60. The predicted octanol–water partition coefficient (Wildman–Crippen LogP) is 4.66. The second-order valence-corrected chi connectivity index (χ2v) is 9.09. The monoisotopic (exact) mass is 561 g/mol. The van der Waals surface area contributed by atoms with E-state index in [-0.39, 0.29) is 12.4 Å². The fraction of sp³-hybridized carbons (Fsp3) is 0.517. The number of nitrogens with zero attached hydrogens (tertiary/aromatic N) is 1. The van der Waals surface area contributed by atoms with Crippen molar-refractivity contribution in [1.82, 2.24) is 4.90 Å². The van der Waals surface area contributed by atoms with Gasteiger partial charge in [0.2, 0.25) is 11.5 Å². The van der Waals surface area contributed by atoms with E-state index in [1.54, 1.807) is 21.3 Å².